The molecule has 0 aliphatic rings. The number of carbonyl (C=O) groups excluding carboxylic acids is 2. The Balaban J connectivity index is 3.84. The molecule has 0 heterocycles. The van der Waals surface area contributed by atoms with Gasteiger partial charge in [-0.2, -0.15) is 0 Å². The van der Waals surface area contributed by atoms with Crippen molar-refractivity contribution in [1.29, 1.82) is 0 Å². The molecular weight excluding hydrogens is 190 g/mol. The van der Waals surface area contributed by atoms with E-state index < -0.39 is 5.91 Å². The first kappa shape index (κ1) is 13.7. The van der Waals surface area contributed by atoms with Gasteiger partial charge in [-0.3, -0.25) is 14.5 Å². The molecule has 0 aromatic heterocycles. The Hall–Kier alpha value is -1.30. The summed E-state index contributed by atoms with van der Waals surface area (Å²) in [4.78, 5) is 23.3. The molecule has 3 nitrogen and oxygen atoms in total. The molecule has 84 valence electrons. The summed E-state index contributed by atoms with van der Waals surface area (Å²) in [5, 5.41) is 0. The Morgan fingerprint density at radius 2 is 1.80 bits per heavy atom. The summed E-state index contributed by atoms with van der Waals surface area (Å²) in [7, 11) is 0. The van der Waals surface area contributed by atoms with Crippen molar-refractivity contribution in [3.05, 3.63) is 0 Å². The molecule has 0 spiro atoms. The van der Waals surface area contributed by atoms with Crippen LogP contribution in [-0.4, -0.2) is 23.3 Å². The minimum absolute atomic E-state index is 0.270. The topological polar surface area (TPSA) is 37.4 Å². The Kier molecular flexibility index (Phi) is 7.35. The molecule has 0 fully saturated rings. The molecule has 0 saturated heterocycles. The molecule has 0 aliphatic heterocycles. The summed E-state index contributed by atoms with van der Waals surface area (Å²) in [6.07, 6.45) is 10.4. The molecule has 3 heteroatoms. The Morgan fingerprint density at radius 3 is 2.27 bits per heavy atom. The van der Waals surface area contributed by atoms with Gasteiger partial charge in [-0.25, -0.2) is 0 Å². The highest BCUT2D eigenvalue weighted by Crippen LogP contribution is 2.04. The van der Waals surface area contributed by atoms with E-state index in [1.165, 1.54) is 19.8 Å². The van der Waals surface area contributed by atoms with Gasteiger partial charge in [0.15, 0.2) is 0 Å². The molecule has 0 radical (unpaired) electrons. The molecule has 0 aliphatic carbocycles. The summed E-state index contributed by atoms with van der Waals surface area (Å²) < 4.78 is 0. The highest BCUT2D eigenvalue weighted by molar-refractivity contribution is 6.03. The standard InChI is InChI=1S/C12H19NO2/c1-4-6-7-8-9-10-13(11(3)14)12(15)5-2/h2H,4,6-10H2,1,3H3. The van der Waals surface area contributed by atoms with Crippen molar-refractivity contribution in [1.82, 2.24) is 4.90 Å². The SMILES string of the molecule is C#CC(=O)N(CCCCCCC)C(C)=O. The van der Waals surface area contributed by atoms with Crippen molar-refractivity contribution < 1.29 is 9.59 Å². The van der Waals surface area contributed by atoms with E-state index in [0.717, 1.165) is 24.2 Å². The van der Waals surface area contributed by atoms with Crippen molar-refractivity contribution in [2.24, 2.45) is 0 Å². The van der Waals surface area contributed by atoms with Gasteiger partial charge in [0, 0.05) is 13.5 Å². The van der Waals surface area contributed by atoms with Gasteiger partial charge < -0.3 is 0 Å². The number of carbonyl (C=O) groups is 2. The number of amides is 2. The summed E-state index contributed by atoms with van der Waals surface area (Å²) in [6, 6.07) is 0. The zero-order valence-electron chi connectivity index (χ0n) is 9.58. The number of terminal acetylenes is 1. The number of imide groups is 1. The monoisotopic (exact) mass is 209 g/mol. The van der Waals surface area contributed by atoms with Crippen molar-refractivity contribution in [2.45, 2.75) is 46.0 Å². The summed E-state index contributed by atoms with van der Waals surface area (Å²) in [5.74, 6) is 1.17. The second-order valence-electron chi connectivity index (χ2n) is 3.53. The number of hydrogen-bond donors (Lipinski definition) is 0. The lowest BCUT2D eigenvalue weighted by atomic mass is 10.1. The first-order chi connectivity index (χ1) is 7.13. The third-order valence-electron chi connectivity index (χ3n) is 2.23. The first-order valence-corrected chi connectivity index (χ1v) is 5.42. The maximum atomic E-state index is 11.1. The lowest BCUT2D eigenvalue weighted by Gasteiger charge is -2.15. The van der Waals surface area contributed by atoms with Gasteiger partial charge in [-0.15, -0.1) is 6.42 Å². The molecule has 0 N–H and O–H groups in total. The zero-order valence-corrected chi connectivity index (χ0v) is 9.58. The van der Waals surface area contributed by atoms with E-state index in [2.05, 4.69) is 6.92 Å². The minimum Gasteiger partial charge on any atom is -0.275 e. The van der Waals surface area contributed by atoms with Gasteiger partial charge in [0.2, 0.25) is 5.91 Å². The second-order valence-corrected chi connectivity index (χ2v) is 3.53. The Labute approximate surface area is 91.8 Å². The van der Waals surface area contributed by atoms with Crippen LogP contribution in [0, 0.1) is 12.3 Å². The average molecular weight is 209 g/mol. The number of hydrogen-bond acceptors (Lipinski definition) is 2. The molecule has 0 rings (SSSR count). The van der Waals surface area contributed by atoms with Crippen molar-refractivity contribution in [2.75, 3.05) is 6.54 Å². The van der Waals surface area contributed by atoms with E-state index in [4.69, 9.17) is 6.42 Å². The van der Waals surface area contributed by atoms with Crippen LogP contribution < -0.4 is 0 Å². The van der Waals surface area contributed by atoms with Crippen LogP contribution in [0.5, 0.6) is 0 Å². The summed E-state index contributed by atoms with van der Waals surface area (Å²) in [6.45, 7) is 3.95. The fourth-order valence-electron chi connectivity index (χ4n) is 1.35. The van der Waals surface area contributed by atoms with Crippen LogP contribution in [0.1, 0.15) is 46.0 Å². The van der Waals surface area contributed by atoms with E-state index in [9.17, 15) is 9.59 Å². The van der Waals surface area contributed by atoms with E-state index in [1.807, 2.05) is 5.92 Å². The van der Waals surface area contributed by atoms with Gasteiger partial charge >= 0.3 is 5.91 Å². The number of nitrogens with zero attached hydrogens (tertiary/aromatic N) is 1. The van der Waals surface area contributed by atoms with Gasteiger partial charge in [0.05, 0.1) is 0 Å². The summed E-state index contributed by atoms with van der Waals surface area (Å²) in [5.41, 5.74) is 0. The fourth-order valence-corrected chi connectivity index (χ4v) is 1.35. The lowest BCUT2D eigenvalue weighted by Crippen LogP contribution is -2.34. The predicted molar refractivity (Wildman–Crippen MR) is 60.0 cm³/mol. The van der Waals surface area contributed by atoms with Gasteiger partial charge in [-0.05, 0) is 12.3 Å². The van der Waals surface area contributed by atoms with E-state index in [0.29, 0.717) is 6.54 Å². The molecule has 0 bridgehead atoms. The highest BCUT2D eigenvalue weighted by atomic mass is 16.2. The molecule has 0 saturated carbocycles. The maximum Gasteiger partial charge on any atom is 0.304 e. The van der Waals surface area contributed by atoms with E-state index in [1.54, 1.807) is 0 Å². The van der Waals surface area contributed by atoms with Crippen LogP contribution in [0.4, 0.5) is 0 Å². The first-order valence-electron chi connectivity index (χ1n) is 5.42. The van der Waals surface area contributed by atoms with Crippen LogP contribution >= 0.6 is 0 Å². The van der Waals surface area contributed by atoms with Gasteiger partial charge in [0.25, 0.3) is 0 Å². The quantitative estimate of drug-likeness (QED) is 0.495. The third-order valence-corrected chi connectivity index (χ3v) is 2.23. The molecule has 2 amide bonds. The smallest absolute Gasteiger partial charge is 0.275 e. The largest absolute Gasteiger partial charge is 0.304 e. The van der Waals surface area contributed by atoms with Crippen LogP contribution in [0.25, 0.3) is 0 Å². The highest BCUT2D eigenvalue weighted by Gasteiger charge is 2.14. The lowest BCUT2D eigenvalue weighted by molar-refractivity contribution is -0.139. The zero-order chi connectivity index (χ0) is 11.7. The fraction of sp³-hybridized carbons (Fsp3) is 0.667. The van der Waals surface area contributed by atoms with Crippen LogP contribution in [0.2, 0.25) is 0 Å². The number of rotatable bonds is 6. The Bertz CT molecular complexity index is 253. The predicted octanol–water partition coefficient (Wildman–Crippen LogP) is 1.97. The molecule has 15 heavy (non-hydrogen) atoms. The van der Waals surface area contributed by atoms with Crippen molar-refractivity contribution in [3.63, 3.8) is 0 Å². The van der Waals surface area contributed by atoms with Gasteiger partial charge in [0.1, 0.15) is 0 Å². The van der Waals surface area contributed by atoms with Crippen molar-refractivity contribution >= 4 is 11.8 Å². The maximum absolute atomic E-state index is 11.1. The van der Waals surface area contributed by atoms with Gasteiger partial charge in [-0.1, -0.05) is 32.6 Å². The van der Waals surface area contributed by atoms with E-state index >= 15 is 0 Å². The second kappa shape index (κ2) is 8.05. The molecular formula is C12H19NO2. The molecule has 0 unspecified atom stereocenters. The molecule has 0 aromatic carbocycles. The Morgan fingerprint density at radius 1 is 1.20 bits per heavy atom. The molecule has 0 atom stereocenters. The third kappa shape index (κ3) is 5.90. The van der Waals surface area contributed by atoms with Crippen LogP contribution in [0.3, 0.4) is 0 Å². The summed E-state index contributed by atoms with van der Waals surface area (Å²) >= 11 is 0. The molecule has 0 aromatic rings. The van der Waals surface area contributed by atoms with E-state index in [-0.39, 0.29) is 5.91 Å². The minimum atomic E-state index is -0.530. The van der Waals surface area contributed by atoms with Crippen LogP contribution in [-0.2, 0) is 9.59 Å². The average Bonchev–Trinajstić information content (AvgIpc) is 2.22. The van der Waals surface area contributed by atoms with Crippen LogP contribution in [0.15, 0.2) is 0 Å². The van der Waals surface area contributed by atoms with Crippen molar-refractivity contribution in [3.8, 4) is 12.3 Å². The number of unbranched alkanes of at least 4 members (excludes halogenated alkanes) is 4. The normalized spacial score (nSPS) is 9.40.